The fourth-order valence-electron chi connectivity index (χ4n) is 2.08. The fourth-order valence-corrected chi connectivity index (χ4v) is 2.08. The van der Waals surface area contributed by atoms with E-state index in [-0.39, 0.29) is 5.91 Å². The Kier molecular flexibility index (Phi) is 3.52. The molecular formula is C11H19NO. The molecule has 0 aromatic rings. The van der Waals surface area contributed by atoms with Crippen molar-refractivity contribution in [3.8, 4) is 0 Å². The molecule has 13 heavy (non-hydrogen) atoms. The van der Waals surface area contributed by atoms with Crippen molar-refractivity contribution in [2.45, 2.75) is 52.1 Å². The molecule has 1 saturated heterocycles. The third-order valence-electron chi connectivity index (χ3n) is 2.76. The van der Waals surface area contributed by atoms with Crippen LogP contribution in [0.25, 0.3) is 0 Å². The summed E-state index contributed by atoms with van der Waals surface area (Å²) in [6.07, 6.45) is 7.03. The van der Waals surface area contributed by atoms with E-state index >= 15 is 0 Å². The predicted molar refractivity (Wildman–Crippen MR) is 54.4 cm³/mol. The Labute approximate surface area is 80.6 Å². The van der Waals surface area contributed by atoms with Crippen molar-refractivity contribution in [2.24, 2.45) is 0 Å². The molecule has 0 aliphatic carbocycles. The van der Waals surface area contributed by atoms with Gasteiger partial charge in [-0.3, -0.25) is 4.79 Å². The molecular weight excluding hydrogens is 162 g/mol. The topological polar surface area (TPSA) is 20.3 Å². The summed E-state index contributed by atoms with van der Waals surface area (Å²) in [6, 6.07) is 0.819. The van der Waals surface area contributed by atoms with E-state index in [1.54, 1.807) is 6.08 Å². The van der Waals surface area contributed by atoms with Crippen molar-refractivity contribution in [1.82, 2.24) is 4.90 Å². The molecule has 1 heterocycles. The van der Waals surface area contributed by atoms with Crippen molar-refractivity contribution in [3.05, 3.63) is 12.2 Å². The van der Waals surface area contributed by atoms with Crippen LogP contribution >= 0.6 is 0 Å². The molecule has 2 atom stereocenters. The maximum absolute atomic E-state index is 11.7. The molecule has 1 aliphatic heterocycles. The smallest absolute Gasteiger partial charge is 0.246 e. The van der Waals surface area contributed by atoms with Crippen LogP contribution in [-0.4, -0.2) is 22.9 Å². The summed E-state index contributed by atoms with van der Waals surface area (Å²) in [5.74, 6) is 0.169. The predicted octanol–water partition coefficient (Wildman–Crippen LogP) is 2.35. The van der Waals surface area contributed by atoms with E-state index in [1.807, 2.05) is 17.9 Å². The zero-order valence-electron chi connectivity index (χ0n) is 8.79. The molecule has 2 heteroatoms. The van der Waals surface area contributed by atoms with E-state index in [9.17, 15) is 4.79 Å². The van der Waals surface area contributed by atoms with E-state index < -0.39 is 0 Å². The molecule has 0 aromatic heterocycles. The Bertz CT molecular complexity index is 200. The van der Waals surface area contributed by atoms with Gasteiger partial charge in [0.05, 0.1) is 0 Å². The number of rotatable bonds is 1. The highest BCUT2D eigenvalue weighted by molar-refractivity contribution is 5.88. The minimum Gasteiger partial charge on any atom is -0.334 e. The molecule has 0 saturated carbocycles. The Morgan fingerprint density at radius 1 is 1.31 bits per heavy atom. The second-order valence-corrected chi connectivity index (χ2v) is 3.87. The van der Waals surface area contributed by atoms with Crippen LogP contribution in [0.1, 0.15) is 40.0 Å². The van der Waals surface area contributed by atoms with Crippen LogP contribution in [-0.2, 0) is 4.79 Å². The average molecular weight is 181 g/mol. The molecule has 0 bridgehead atoms. The summed E-state index contributed by atoms with van der Waals surface area (Å²) >= 11 is 0. The van der Waals surface area contributed by atoms with Gasteiger partial charge in [-0.05, 0) is 46.1 Å². The highest BCUT2D eigenvalue weighted by Gasteiger charge is 2.26. The number of piperidine rings is 1. The maximum Gasteiger partial charge on any atom is 0.246 e. The minimum atomic E-state index is 0.169. The second kappa shape index (κ2) is 4.45. The van der Waals surface area contributed by atoms with Gasteiger partial charge in [-0.1, -0.05) is 6.08 Å². The number of hydrogen-bond acceptors (Lipinski definition) is 1. The van der Waals surface area contributed by atoms with Gasteiger partial charge in [0.25, 0.3) is 0 Å². The lowest BCUT2D eigenvalue weighted by Gasteiger charge is -2.38. The molecule has 1 aliphatic rings. The normalized spacial score (nSPS) is 29.6. The fraction of sp³-hybridized carbons (Fsp3) is 0.727. The van der Waals surface area contributed by atoms with E-state index in [4.69, 9.17) is 0 Å². The molecule has 1 fully saturated rings. The van der Waals surface area contributed by atoms with Crippen LogP contribution < -0.4 is 0 Å². The Balaban J connectivity index is 2.68. The first-order chi connectivity index (χ1) is 6.16. The lowest BCUT2D eigenvalue weighted by molar-refractivity contribution is -0.131. The first-order valence-electron chi connectivity index (χ1n) is 5.11. The van der Waals surface area contributed by atoms with Crippen molar-refractivity contribution < 1.29 is 4.79 Å². The molecule has 0 spiro atoms. The molecule has 1 amide bonds. The van der Waals surface area contributed by atoms with E-state index in [0.717, 1.165) is 12.8 Å². The summed E-state index contributed by atoms with van der Waals surface area (Å²) in [5.41, 5.74) is 0. The molecule has 2 nitrogen and oxygen atoms in total. The second-order valence-electron chi connectivity index (χ2n) is 3.87. The summed E-state index contributed by atoms with van der Waals surface area (Å²) in [6.45, 7) is 6.16. The number of carbonyl (C=O) groups excluding carboxylic acids is 1. The van der Waals surface area contributed by atoms with Crippen LogP contribution in [0.4, 0.5) is 0 Å². The summed E-state index contributed by atoms with van der Waals surface area (Å²) in [5, 5.41) is 0. The third-order valence-corrected chi connectivity index (χ3v) is 2.76. The first-order valence-corrected chi connectivity index (χ1v) is 5.11. The molecule has 0 N–H and O–H groups in total. The Hall–Kier alpha value is -0.790. The highest BCUT2D eigenvalue weighted by Crippen LogP contribution is 2.22. The Morgan fingerprint density at radius 2 is 1.85 bits per heavy atom. The quantitative estimate of drug-likeness (QED) is 0.569. The van der Waals surface area contributed by atoms with Crippen LogP contribution in [0.5, 0.6) is 0 Å². The number of carbonyl (C=O) groups is 1. The van der Waals surface area contributed by atoms with Crippen LogP contribution in [0.15, 0.2) is 12.2 Å². The van der Waals surface area contributed by atoms with Crippen molar-refractivity contribution >= 4 is 5.91 Å². The highest BCUT2D eigenvalue weighted by atomic mass is 16.2. The van der Waals surface area contributed by atoms with E-state index in [0.29, 0.717) is 12.1 Å². The third kappa shape index (κ3) is 2.33. The van der Waals surface area contributed by atoms with Crippen molar-refractivity contribution in [2.75, 3.05) is 0 Å². The van der Waals surface area contributed by atoms with Gasteiger partial charge in [0.15, 0.2) is 0 Å². The van der Waals surface area contributed by atoms with Crippen LogP contribution in [0, 0.1) is 0 Å². The SMILES string of the molecule is CC=CC(=O)N1C(C)CCCC1C. The monoisotopic (exact) mass is 181 g/mol. The maximum atomic E-state index is 11.7. The van der Waals surface area contributed by atoms with Gasteiger partial charge in [-0.25, -0.2) is 0 Å². The zero-order valence-corrected chi connectivity index (χ0v) is 8.79. The van der Waals surface area contributed by atoms with Gasteiger partial charge in [0.2, 0.25) is 5.91 Å². The molecule has 1 rings (SSSR count). The summed E-state index contributed by atoms with van der Waals surface area (Å²) < 4.78 is 0. The van der Waals surface area contributed by atoms with Gasteiger partial charge >= 0.3 is 0 Å². The summed E-state index contributed by atoms with van der Waals surface area (Å²) in [4.78, 5) is 13.7. The summed E-state index contributed by atoms with van der Waals surface area (Å²) in [7, 11) is 0. The number of hydrogen-bond donors (Lipinski definition) is 0. The van der Waals surface area contributed by atoms with Gasteiger partial charge in [0, 0.05) is 12.1 Å². The number of amides is 1. The van der Waals surface area contributed by atoms with Gasteiger partial charge in [-0.15, -0.1) is 0 Å². The molecule has 0 radical (unpaired) electrons. The minimum absolute atomic E-state index is 0.169. The number of nitrogens with zero attached hydrogens (tertiary/aromatic N) is 1. The largest absolute Gasteiger partial charge is 0.334 e. The first kappa shape index (κ1) is 10.3. The number of allylic oxidation sites excluding steroid dienone is 1. The molecule has 2 unspecified atom stereocenters. The lowest BCUT2D eigenvalue weighted by atomic mass is 9.97. The van der Waals surface area contributed by atoms with Crippen LogP contribution in [0.2, 0.25) is 0 Å². The number of likely N-dealkylation sites (tertiary alicyclic amines) is 1. The van der Waals surface area contributed by atoms with Crippen molar-refractivity contribution in [1.29, 1.82) is 0 Å². The lowest BCUT2D eigenvalue weighted by Crippen LogP contribution is -2.46. The van der Waals surface area contributed by atoms with Gasteiger partial charge < -0.3 is 4.90 Å². The van der Waals surface area contributed by atoms with Gasteiger partial charge in [0.1, 0.15) is 0 Å². The van der Waals surface area contributed by atoms with E-state index in [1.165, 1.54) is 6.42 Å². The average Bonchev–Trinajstić information content (AvgIpc) is 2.04. The molecule has 0 aromatic carbocycles. The van der Waals surface area contributed by atoms with Crippen molar-refractivity contribution in [3.63, 3.8) is 0 Å². The standard InChI is InChI=1S/C11H19NO/c1-4-6-11(13)12-9(2)7-5-8-10(12)3/h4,6,9-10H,5,7-8H2,1-3H3. The van der Waals surface area contributed by atoms with E-state index in [2.05, 4.69) is 13.8 Å². The van der Waals surface area contributed by atoms with Crippen LogP contribution in [0.3, 0.4) is 0 Å². The zero-order chi connectivity index (χ0) is 9.84. The van der Waals surface area contributed by atoms with Gasteiger partial charge in [-0.2, -0.15) is 0 Å². The molecule has 74 valence electrons. The Morgan fingerprint density at radius 3 is 2.31 bits per heavy atom.